The number of rotatable bonds is 8. The van der Waals surface area contributed by atoms with Gasteiger partial charge in [0.1, 0.15) is 0 Å². The molecule has 136 valence electrons. The Balaban J connectivity index is -0.000000266. The summed E-state index contributed by atoms with van der Waals surface area (Å²) in [5, 5.41) is 57.7. The summed E-state index contributed by atoms with van der Waals surface area (Å²) in [5.41, 5.74) is -0.935. The summed E-state index contributed by atoms with van der Waals surface area (Å²) < 4.78 is 0. The number of aliphatic carboxylic acids is 3. The summed E-state index contributed by atoms with van der Waals surface area (Å²) in [6.45, 7) is 2.98. The van der Waals surface area contributed by atoms with Gasteiger partial charge in [-0.1, -0.05) is 6.58 Å². The van der Waals surface area contributed by atoms with Crippen LogP contribution < -0.4 is 0 Å². The Morgan fingerprint density at radius 1 is 0.783 bits per heavy atom. The van der Waals surface area contributed by atoms with Crippen molar-refractivity contribution in [2.45, 2.75) is 19.8 Å². The van der Waals surface area contributed by atoms with Gasteiger partial charge in [0, 0.05) is 5.57 Å². The number of carboxylic acids is 3. The van der Waals surface area contributed by atoms with Crippen molar-refractivity contribution >= 4 is 17.9 Å². The zero-order valence-corrected chi connectivity index (χ0v) is 12.8. The van der Waals surface area contributed by atoms with Gasteiger partial charge in [-0.25, -0.2) is 4.79 Å². The van der Waals surface area contributed by atoms with Crippen molar-refractivity contribution in [3.63, 3.8) is 0 Å². The Morgan fingerprint density at radius 3 is 1.04 bits per heavy atom. The van der Waals surface area contributed by atoms with Gasteiger partial charge in [-0.3, -0.25) is 9.59 Å². The van der Waals surface area contributed by atoms with E-state index in [0.717, 1.165) is 0 Å². The molecule has 0 aliphatic rings. The van der Waals surface area contributed by atoms with E-state index in [1.807, 2.05) is 0 Å². The zero-order valence-electron chi connectivity index (χ0n) is 12.8. The van der Waals surface area contributed by atoms with Crippen LogP contribution in [0.2, 0.25) is 0 Å². The van der Waals surface area contributed by atoms with E-state index in [4.69, 9.17) is 35.7 Å². The molecular formula is C13H24O10. The summed E-state index contributed by atoms with van der Waals surface area (Å²) in [6.07, 6.45) is -0.593. The Morgan fingerprint density at radius 2 is 1.00 bits per heavy atom. The zero-order chi connectivity index (χ0) is 19.1. The van der Waals surface area contributed by atoms with Crippen LogP contribution in [0.25, 0.3) is 0 Å². The second-order valence-electron chi connectivity index (χ2n) is 4.51. The van der Waals surface area contributed by atoms with Crippen molar-refractivity contribution in [3.8, 4) is 0 Å². The van der Waals surface area contributed by atoms with E-state index in [1.165, 1.54) is 6.92 Å². The van der Waals surface area contributed by atoms with E-state index >= 15 is 0 Å². The molecule has 0 bridgehead atoms. The molecular weight excluding hydrogens is 316 g/mol. The molecule has 0 atom stereocenters. The van der Waals surface area contributed by atoms with Crippen molar-refractivity contribution in [1.29, 1.82) is 0 Å². The van der Waals surface area contributed by atoms with E-state index in [0.29, 0.717) is 0 Å². The third-order valence-corrected chi connectivity index (χ3v) is 2.26. The van der Waals surface area contributed by atoms with Gasteiger partial charge < -0.3 is 35.7 Å². The van der Waals surface area contributed by atoms with E-state index in [1.54, 1.807) is 0 Å². The van der Waals surface area contributed by atoms with E-state index in [-0.39, 0.29) is 18.4 Å². The predicted molar refractivity (Wildman–Crippen MR) is 77.7 cm³/mol. The molecule has 0 aliphatic heterocycles. The van der Waals surface area contributed by atoms with Crippen LogP contribution in [0.1, 0.15) is 19.8 Å². The molecule has 7 N–H and O–H groups in total. The summed E-state index contributed by atoms with van der Waals surface area (Å²) >= 11 is 0. The molecule has 0 rings (SSSR count). The van der Waals surface area contributed by atoms with Crippen LogP contribution in [0.3, 0.4) is 0 Å². The van der Waals surface area contributed by atoms with Crippen LogP contribution >= 0.6 is 0 Å². The Hall–Kier alpha value is -2.01. The standard InChI is InChI=1S/C5H12O4.C4H6O4.C4H6O2/c6-1-5(2-7,3-8)4-9;5-3(6)1-2-4(7)8;1-3(2)4(5)6/h6-9H,1-4H2;1-2H2,(H,5,6)(H,7,8);1H2,2H3,(H,5,6). The minimum atomic E-state index is -1.11. The molecule has 0 saturated heterocycles. The maximum atomic E-state index is 9.64. The van der Waals surface area contributed by atoms with Crippen molar-refractivity contribution < 1.29 is 50.1 Å². The number of carbonyl (C=O) groups is 3. The maximum Gasteiger partial charge on any atom is 0.330 e. The number of aliphatic hydroxyl groups is 4. The lowest BCUT2D eigenvalue weighted by Gasteiger charge is -2.23. The minimum absolute atomic E-state index is 0.176. The normalized spacial score (nSPS) is 9.61. The van der Waals surface area contributed by atoms with Gasteiger partial charge in [-0.2, -0.15) is 0 Å². The molecule has 0 amide bonds. The first-order valence-corrected chi connectivity index (χ1v) is 6.27. The van der Waals surface area contributed by atoms with Crippen molar-refractivity contribution in [2.75, 3.05) is 26.4 Å². The van der Waals surface area contributed by atoms with Gasteiger partial charge in [0.05, 0.1) is 44.7 Å². The Bertz CT molecular complexity index is 329. The van der Waals surface area contributed by atoms with Crippen LogP contribution in [0.5, 0.6) is 0 Å². The molecule has 0 fully saturated rings. The topological polar surface area (TPSA) is 193 Å². The van der Waals surface area contributed by atoms with Crippen molar-refractivity contribution in [2.24, 2.45) is 5.41 Å². The van der Waals surface area contributed by atoms with Gasteiger partial charge in [-0.15, -0.1) is 0 Å². The van der Waals surface area contributed by atoms with Gasteiger partial charge in [0.2, 0.25) is 0 Å². The highest BCUT2D eigenvalue weighted by Gasteiger charge is 2.26. The molecule has 0 aromatic rings. The fourth-order valence-electron chi connectivity index (χ4n) is 0.514. The molecule has 10 nitrogen and oxygen atoms in total. The monoisotopic (exact) mass is 340 g/mol. The van der Waals surface area contributed by atoms with E-state index in [2.05, 4.69) is 6.58 Å². The van der Waals surface area contributed by atoms with E-state index < -0.39 is 49.8 Å². The van der Waals surface area contributed by atoms with Crippen molar-refractivity contribution in [1.82, 2.24) is 0 Å². The second-order valence-corrected chi connectivity index (χ2v) is 4.51. The van der Waals surface area contributed by atoms with Gasteiger partial charge in [0.25, 0.3) is 0 Å². The molecule has 0 unspecified atom stereocenters. The molecule has 0 saturated carbocycles. The third-order valence-electron chi connectivity index (χ3n) is 2.26. The van der Waals surface area contributed by atoms with Crippen LogP contribution in [0, 0.1) is 5.41 Å². The Labute approximate surface area is 132 Å². The first-order valence-electron chi connectivity index (χ1n) is 6.27. The lowest BCUT2D eigenvalue weighted by molar-refractivity contribution is -0.143. The fraction of sp³-hybridized carbons (Fsp3) is 0.615. The molecule has 10 heteroatoms. The second kappa shape index (κ2) is 14.9. The van der Waals surface area contributed by atoms with Crippen LogP contribution in [0.15, 0.2) is 12.2 Å². The highest BCUT2D eigenvalue weighted by atomic mass is 16.4. The molecule has 23 heavy (non-hydrogen) atoms. The Kier molecular flexibility index (Phi) is 16.8. The van der Waals surface area contributed by atoms with Gasteiger partial charge >= 0.3 is 17.9 Å². The number of aliphatic hydroxyl groups excluding tert-OH is 4. The average molecular weight is 340 g/mol. The molecule has 0 spiro atoms. The van der Waals surface area contributed by atoms with Crippen LogP contribution in [-0.4, -0.2) is 80.1 Å². The predicted octanol–water partition coefficient (Wildman–Crippen LogP) is -1.48. The number of hydrogen-bond donors (Lipinski definition) is 7. The smallest absolute Gasteiger partial charge is 0.330 e. The van der Waals surface area contributed by atoms with Crippen LogP contribution in [0.4, 0.5) is 0 Å². The summed E-state index contributed by atoms with van der Waals surface area (Å²) in [7, 11) is 0. The number of carboxylic acid groups (broad SMARTS) is 3. The molecule has 0 radical (unpaired) electrons. The third kappa shape index (κ3) is 17.9. The summed E-state index contributed by atoms with van der Waals surface area (Å²) in [4.78, 5) is 28.9. The maximum absolute atomic E-state index is 9.64. The molecule has 0 heterocycles. The highest BCUT2D eigenvalue weighted by molar-refractivity contribution is 5.84. The van der Waals surface area contributed by atoms with Crippen LogP contribution in [-0.2, 0) is 14.4 Å². The lowest BCUT2D eigenvalue weighted by atomic mass is 9.93. The SMILES string of the molecule is C=C(C)C(=O)O.O=C(O)CCC(=O)O.OCC(CO)(CO)CO. The highest BCUT2D eigenvalue weighted by Crippen LogP contribution is 2.11. The molecule has 0 aliphatic carbocycles. The van der Waals surface area contributed by atoms with Crippen molar-refractivity contribution in [3.05, 3.63) is 12.2 Å². The molecule has 0 aromatic carbocycles. The average Bonchev–Trinajstić information content (AvgIpc) is 2.49. The molecule has 0 aromatic heterocycles. The lowest BCUT2D eigenvalue weighted by Crippen LogP contribution is -2.37. The summed E-state index contributed by atoms with van der Waals surface area (Å²) in [6, 6.07) is 0. The van der Waals surface area contributed by atoms with E-state index in [9.17, 15) is 14.4 Å². The summed E-state index contributed by atoms with van der Waals surface area (Å²) in [5.74, 6) is -3.09. The minimum Gasteiger partial charge on any atom is -0.481 e. The fourth-order valence-corrected chi connectivity index (χ4v) is 0.514. The van der Waals surface area contributed by atoms with Gasteiger partial charge in [0.15, 0.2) is 0 Å². The quantitative estimate of drug-likeness (QED) is 0.256. The first kappa shape index (κ1) is 25.9. The first-order chi connectivity index (χ1) is 10.5. The van der Waals surface area contributed by atoms with Gasteiger partial charge in [-0.05, 0) is 6.92 Å². The largest absolute Gasteiger partial charge is 0.481 e. The number of hydrogen-bond acceptors (Lipinski definition) is 7.